The number of pyridine rings is 1. The van der Waals surface area contributed by atoms with Crippen LogP contribution in [0.2, 0.25) is 0 Å². The number of nitrogens with one attached hydrogen (secondary N) is 1. The largest absolute Gasteiger partial charge is 0.395 e. The lowest BCUT2D eigenvalue weighted by Crippen LogP contribution is -2.33. The topological polar surface area (TPSA) is 65.5 Å². The van der Waals surface area contributed by atoms with Crippen LogP contribution in [0.4, 0.5) is 5.69 Å². The van der Waals surface area contributed by atoms with Crippen molar-refractivity contribution in [3.8, 4) is 0 Å². The van der Waals surface area contributed by atoms with Crippen LogP contribution in [0.5, 0.6) is 0 Å². The molecular formula is C23H30BrN3O2. The van der Waals surface area contributed by atoms with E-state index in [0.717, 1.165) is 65.4 Å². The molecule has 29 heavy (non-hydrogen) atoms. The van der Waals surface area contributed by atoms with Crippen molar-refractivity contribution in [3.05, 3.63) is 34.4 Å². The summed E-state index contributed by atoms with van der Waals surface area (Å²) in [6.45, 7) is 2.00. The summed E-state index contributed by atoms with van der Waals surface area (Å²) in [6, 6.07) is 6.45. The van der Waals surface area contributed by atoms with Gasteiger partial charge in [0.2, 0.25) is 0 Å². The van der Waals surface area contributed by atoms with Gasteiger partial charge in [-0.3, -0.25) is 9.78 Å². The monoisotopic (exact) mass is 459 g/mol. The summed E-state index contributed by atoms with van der Waals surface area (Å²) < 4.78 is 1.00. The molecule has 156 valence electrons. The standard InChI is InChI=1S/C23H30BrN3O2/c1-27(10-11-28)14-15-2-7-18(8-3-15)26-22-19-12-17(24)6-9-21(19)25-13-20(22)23(29)16-4-5-16/h6,9,12-13,15-16,18,28H,2-5,7-8,10-11,14H2,1H3,(H,25,26). The maximum Gasteiger partial charge on any atom is 0.169 e. The number of likely N-dealkylation sites (N-methyl/N-ethyl adjacent to an activating group) is 1. The summed E-state index contributed by atoms with van der Waals surface area (Å²) in [5.41, 5.74) is 2.64. The molecule has 1 aromatic carbocycles. The zero-order valence-electron chi connectivity index (χ0n) is 17.0. The number of rotatable bonds is 8. The Morgan fingerprint density at radius 1 is 1.24 bits per heavy atom. The quantitative estimate of drug-likeness (QED) is 0.569. The molecule has 2 N–H and O–H groups in total. The number of hydrogen-bond donors (Lipinski definition) is 2. The van der Waals surface area contributed by atoms with Crippen molar-refractivity contribution in [3.63, 3.8) is 0 Å². The first-order valence-corrected chi connectivity index (χ1v) is 11.5. The van der Waals surface area contributed by atoms with Crippen LogP contribution < -0.4 is 5.32 Å². The van der Waals surface area contributed by atoms with E-state index in [1.165, 1.54) is 12.8 Å². The first-order valence-electron chi connectivity index (χ1n) is 10.7. The minimum atomic E-state index is 0.180. The molecule has 6 heteroatoms. The van der Waals surface area contributed by atoms with Gasteiger partial charge in [0, 0.05) is 41.1 Å². The van der Waals surface area contributed by atoms with Crippen LogP contribution in [0, 0.1) is 11.8 Å². The van der Waals surface area contributed by atoms with E-state index in [-0.39, 0.29) is 18.3 Å². The SMILES string of the molecule is CN(CCO)CC1CCC(Nc2c(C(=O)C3CC3)cnc3ccc(Br)cc23)CC1. The first-order chi connectivity index (χ1) is 14.0. The van der Waals surface area contributed by atoms with Gasteiger partial charge in [0.1, 0.15) is 0 Å². The number of anilines is 1. The number of fused-ring (bicyclic) bond motifs is 1. The minimum Gasteiger partial charge on any atom is -0.395 e. The maximum absolute atomic E-state index is 12.9. The fourth-order valence-corrected chi connectivity index (χ4v) is 4.83. The smallest absolute Gasteiger partial charge is 0.169 e. The molecule has 0 unspecified atom stereocenters. The number of aliphatic hydroxyl groups excluding tert-OH is 1. The fourth-order valence-electron chi connectivity index (χ4n) is 4.47. The second-order valence-electron chi connectivity index (χ2n) is 8.69. The third-order valence-electron chi connectivity index (χ3n) is 6.29. The van der Waals surface area contributed by atoms with Crippen molar-refractivity contribution < 1.29 is 9.90 Å². The van der Waals surface area contributed by atoms with Crippen LogP contribution in [0.1, 0.15) is 48.9 Å². The fraction of sp³-hybridized carbons (Fsp3) is 0.565. The number of halogens is 1. The lowest BCUT2D eigenvalue weighted by atomic mass is 9.85. The van der Waals surface area contributed by atoms with Crippen molar-refractivity contribution in [2.75, 3.05) is 32.1 Å². The number of benzene rings is 1. The highest BCUT2D eigenvalue weighted by atomic mass is 79.9. The zero-order valence-corrected chi connectivity index (χ0v) is 18.6. The molecule has 2 fully saturated rings. The van der Waals surface area contributed by atoms with E-state index < -0.39 is 0 Å². The van der Waals surface area contributed by atoms with Gasteiger partial charge in [-0.25, -0.2) is 0 Å². The molecule has 1 heterocycles. The molecule has 2 aliphatic carbocycles. The zero-order chi connectivity index (χ0) is 20.4. The van der Waals surface area contributed by atoms with E-state index in [9.17, 15) is 4.79 Å². The van der Waals surface area contributed by atoms with Crippen molar-refractivity contribution in [2.24, 2.45) is 11.8 Å². The summed E-state index contributed by atoms with van der Waals surface area (Å²) >= 11 is 3.58. The number of aliphatic hydroxyl groups is 1. The second-order valence-corrected chi connectivity index (χ2v) is 9.61. The summed E-state index contributed by atoms with van der Waals surface area (Å²) in [5.74, 6) is 1.10. The Labute approximate surface area is 181 Å². The van der Waals surface area contributed by atoms with Crippen molar-refractivity contribution >= 4 is 38.3 Å². The molecule has 0 radical (unpaired) electrons. The van der Waals surface area contributed by atoms with Gasteiger partial charge in [0.05, 0.1) is 23.4 Å². The van der Waals surface area contributed by atoms with E-state index in [1.54, 1.807) is 6.20 Å². The van der Waals surface area contributed by atoms with Crippen LogP contribution in [-0.2, 0) is 0 Å². The molecule has 2 saturated carbocycles. The van der Waals surface area contributed by atoms with Gasteiger partial charge in [0.15, 0.2) is 5.78 Å². The second kappa shape index (κ2) is 9.11. The van der Waals surface area contributed by atoms with Gasteiger partial charge in [0.25, 0.3) is 0 Å². The number of hydrogen-bond acceptors (Lipinski definition) is 5. The van der Waals surface area contributed by atoms with Crippen molar-refractivity contribution in [1.82, 2.24) is 9.88 Å². The molecule has 0 aliphatic heterocycles. The minimum absolute atomic E-state index is 0.180. The summed E-state index contributed by atoms with van der Waals surface area (Å²) in [7, 11) is 2.08. The lowest BCUT2D eigenvalue weighted by Gasteiger charge is -2.32. The molecule has 1 aromatic heterocycles. The molecule has 0 spiro atoms. The average Bonchev–Trinajstić information content (AvgIpc) is 3.55. The number of carbonyl (C=O) groups is 1. The molecule has 5 nitrogen and oxygen atoms in total. The van der Waals surface area contributed by atoms with Crippen LogP contribution >= 0.6 is 15.9 Å². The van der Waals surface area contributed by atoms with Crippen LogP contribution in [0.25, 0.3) is 10.9 Å². The van der Waals surface area contributed by atoms with Crippen LogP contribution in [0.15, 0.2) is 28.9 Å². The van der Waals surface area contributed by atoms with Gasteiger partial charge in [-0.2, -0.15) is 0 Å². The average molecular weight is 460 g/mol. The third-order valence-corrected chi connectivity index (χ3v) is 6.78. The molecule has 0 saturated heterocycles. The Hall–Kier alpha value is -1.50. The highest BCUT2D eigenvalue weighted by Crippen LogP contribution is 2.38. The van der Waals surface area contributed by atoms with Gasteiger partial charge in [-0.1, -0.05) is 15.9 Å². The summed E-state index contributed by atoms with van der Waals surface area (Å²) in [4.78, 5) is 19.7. The predicted molar refractivity (Wildman–Crippen MR) is 120 cm³/mol. The van der Waals surface area contributed by atoms with Crippen LogP contribution in [-0.4, -0.2) is 53.6 Å². The number of nitrogens with zero attached hydrogens (tertiary/aromatic N) is 2. The Kier molecular flexibility index (Phi) is 6.52. The number of carbonyl (C=O) groups excluding carboxylic acids is 1. The van der Waals surface area contributed by atoms with Crippen molar-refractivity contribution in [1.29, 1.82) is 0 Å². The summed E-state index contributed by atoms with van der Waals surface area (Å²) in [5, 5.41) is 13.9. The summed E-state index contributed by atoms with van der Waals surface area (Å²) in [6.07, 6.45) is 8.33. The van der Waals surface area contributed by atoms with Gasteiger partial charge in [-0.05, 0) is 69.7 Å². The van der Waals surface area contributed by atoms with Gasteiger partial charge >= 0.3 is 0 Å². The van der Waals surface area contributed by atoms with Crippen LogP contribution in [0.3, 0.4) is 0 Å². The first kappa shape index (κ1) is 20.8. The Morgan fingerprint density at radius 2 is 2.00 bits per heavy atom. The van der Waals surface area contributed by atoms with E-state index in [0.29, 0.717) is 12.0 Å². The molecule has 0 atom stereocenters. The molecule has 2 aromatic rings. The highest BCUT2D eigenvalue weighted by Gasteiger charge is 2.33. The highest BCUT2D eigenvalue weighted by molar-refractivity contribution is 9.10. The van der Waals surface area contributed by atoms with Gasteiger partial charge < -0.3 is 15.3 Å². The molecular weight excluding hydrogens is 430 g/mol. The van der Waals surface area contributed by atoms with Crippen molar-refractivity contribution in [2.45, 2.75) is 44.6 Å². The number of aromatic nitrogens is 1. The predicted octanol–water partition coefficient (Wildman–Crippen LogP) is 4.48. The van der Waals surface area contributed by atoms with Gasteiger partial charge in [-0.15, -0.1) is 0 Å². The molecule has 4 rings (SSSR count). The molecule has 0 bridgehead atoms. The molecule has 2 aliphatic rings. The normalized spacial score (nSPS) is 22.2. The third kappa shape index (κ3) is 4.98. The van der Waals surface area contributed by atoms with E-state index in [2.05, 4.69) is 44.2 Å². The van der Waals surface area contributed by atoms with E-state index in [1.807, 2.05) is 12.1 Å². The Balaban J connectivity index is 1.52. The number of ketones is 1. The Bertz CT molecular complexity index is 876. The van der Waals surface area contributed by atoms with E-state index >= 15 is 0 Å². The lowest BCUT2D eigenvalue weighted by molar-refractivity contribution is 0.0968. The Morgan fingerprint density at radius 3 is 2.69 bits per heavy atom. The van der Waals surface area contributed by atoms with E-state index in [4.69, 9.17) is 5.11 Å². The number of Topliss-reactive ketones (excluding diaryl/α,β-unsaturated/α-hetero) is 1. The molecule has 0 amide bonds. The maximum atomic E-state index is 12.9.